The lowest BCUT2D eigenvalue weighted by Crippen LogP contribution is -2.18. The van der Waals surface area contributed by atoms with E-state index in [1.54, 1.807) is 0 Å². The van der Waals surface area contributed by atoms with E-state index in [0.717, 1.165) is 17.6 Å². The van der Waals surface area contributed by atoms with E-state index in [1.807, 2.05) is 41.3 Å². The summed E-state index contributed by atoms with van der Waals surface area (Å²) in [6, 6.07) is 8.23. The van der Waals surface area contributed by atoms with Crippen molar-refractivity contribution >= 4 is 39.9 Å². The monoisotopic (exact) mass is 318 g/mol. The Balaban J connectivity index is 1.67. The molecule has 1 aromatic carbocycles. The first-order chi connectivity index (χ1) is 10.2. The third-order valence-corrected chi connectivity index (χ3v) is 6.01. The topological polar surface area (TPSA) is 58.0 Å². The molecule has 0 spiro atoms. The van der Waals surface area contributed by atoms with Gasteiger partial charge < -0.3 is 9.73 Å². The average Bonchev–Trinajstić information content (AvgIpc) is 3.03. The molecule has 108 valence electrons. The van der Waals surface area contributed by atoms with Gasteiger partial charge in [-0.1, -0.05) is 6.92 Å². The lowest BCUT2D eigenvalue weighted by Gasteiger charge is -2.28. The van der Waals surface area contributed by atoms with Crippen molar-refractivity contribution in [3.05, 3.63) is 45.8 Å². The van der Waals surface area contributed by atoms with Crippen LogP contribution in [0.1, 0.15) is 24.9 Å². The van der Waals surface area contributed by atoms with E-state index >= 15 is 0 Å². The van der Waals surface area contributed by atoms with E-state index in [9.17, 15) is 4.79 Å². The number of oxazole rings is 1. The summed E-state index contributed by atoms with van der Waals surface area (Å²) in [6.45, 7) is 2.26. The Kier molecular flexibility index (Phi) is 3.08. The molecule has 2 N–H and O–H groups in total. The van der Waals surface area contributed by atoms with Crippen molar-refractivity contribution in [1.29, 1.82) is 0 Å². The predicted octanol–water partition coefficient (Wildman–Crippen LogP) is 4.22. The lowest BCUT2D eigenvalue weighted by atomic mass is 10.0. The van der Waals surface area contributed by atoms with Crippen LogP contribution in [0.15, 0.2) is 43.1 Å². The second kappa shape index (κ2) is 4.96. The van der Waals surface area contributed by atoms with Gasteiger partial charge in [0, 0.05) is 10.9 Å². The maximum Gasteiger partial charge on any atom is 0.417 e. The molecule has 2 aromatic heterocycles. The van der Waals surface area contributed by atoms with Crippen LogP contribution in [-0.2, 0) is 0 Å². The van der Waals surface area contributed by atoms with Crippen molar-refractivity contribution in [2.24, 2.45) is 0 Å². The van der Waals surface area contributed by atoms with Crippen LogP contribution in [0.5, 0.6) is 0 Å². The number of aromatic amines is 1. The lowest BCUT2D eigenvalue weighted by molar-refractivity contribution is 0.555. The van der Waals surface area contributed by atoms with Crippen LogP contribution in [0.25, 0.3) is 11.1 Å². The number of nitrogens with one attached hydrogen (secondary N) is 2. The van der Waals surface area contributed by atoms with Crippen LogP contribution < -0.4 is 11.1 Å². The van der Waals surface area contributed by atoms with Crippen LogP contribution in [0.3, 0.4) is 0 Å². The zero-order chi connectivity index (χ0) is 14.4. The molecule has 0 fully saturated rings. The molecule has 0 saturated heterocycles. The van der Waals surface area contributed by atoms with Gasteiger partial charge in [-0.25, -0.2) is 4.79 Å². The molecule has 3 aromatic rings. The van der Waals surface area contributed by atoms with Crippen molar-refractivity contribution in [2.45, 2.75) is 28.8 Å². The standard InChI is InChI=1S/C15H14N2O2S2/c1-8-6-11(10-4-5-20-14(10)21-8)16-9-2-3-13-12(7-9)17-15(18)19-13/h2-5,7-8,11,16H,6H2,1H3,(H,17,18)/t8-,11?/m0/s1. The summed E-state index contributed by atoms with van der Waals surface area (Å²) in [6.07, 6.45) is 1.09. The third kappa shape index (κ3) is 2.38. The van der Waals surface area contributed by atoms with Gasteiger partial charge in [0.25, 0.3) is 0 Å². The maximum absolute atomic E-state index is 11.2. The number of thiophene rings is 1. The number of benzene rings is 1. The van der Waals surface area contributed by atoms with Crippen molar-refractivity contribution in [1.82, 2.24) is 4.98 Å². The summed E-state index contributed by atoms with van der Waals surface area (Å²) in [5.41, 5.74) is 3.70. The molecule has 0 amide bonds. The molecule has 0 saturated carbocycles. The Labute approximate surface area is 129 Å². The van der Waals surface area contributed by atoms with Crippen LogP contribution in [0, 0.1) is 0 Å². The van der Waals surface area contributed by atoms with E-state index in [4.69, 9.17) is 4.42 Å². The summed E-state index contributed by atoms with van der Waals surface area (Å²) in [7, 11) is 0. The number of H-pyrrole nitrogens is 1. The number of fused-ring (bicyclic) bond motifs is 2. The summed E-state index contributed by atoms with van der Waals surface area (Å²) in [5, 5.41) is 6.34. The zero-order valence-corrected chi connectivity index (χ0v) is 13.0. The molecule has 4 nitrogen and oxygen atoms in total. The van der Waals surface area contributed by atoms with Crippen LogP contribution in [0.4, 0.5) is 5.69 Å². The average molecular weight is 318 g/mol. The maximum atomic E-state index is 11.2. The van der Waals surface area contributed by atoms with Crippen LogP contribution in [0.2, 0.25) is 0 Å². The number of rotatable bonds is 2. The van der Waals surface area contributed by atoms with Crippen LogP contribution >= 0.6 is 23.1 Å². The minimum absolute atomic E-state index is 0.318. The number of hydrogen-bond acceptors (Lipinski definition) is 5. The molecule has 2 atom stereocenters. The molecule has 0 bridgehead atoms. The highest BCUT2D eigenvalue weighted by Crippen LogP contribution is 2.44. The minimum Gasteiger partial charge on any atom is -0.408 e. The SMILES string of the molecule is C[C@H]1CC(Nc2ccc3oc(=O)[nH]c3c2)c2ccsc2S1. The molecule has 1 unspecified atom stereocenters. The van der Waals surface area contributed by atoms with Gasteiger partial charge in [0.05, 0.1) is 15.8 Å². The van der Waals surface area contributed by atoms with Crippen molar-refractivity contribution in [3.8, 4) is 0 Å². The number of thioether (sulfide) groups is 1. The Morgan fingerprint density at radius 3 is 3.19 bits per heavy atom. The number of aromatic nitrogens is 1. The molecule has 6 heteroatoms. The van der Waals surface area contributed by atoms with Crippen molar-refractivity contribution < 1.29 is 4.42 Å². The van der Waals surface area contributed by atoms with Gasteiger partial charge in [-0.15, -0.1) is 23.1 Å². The van der Waals surface area contributed by atoms with Gasteiger partial charge in [0.1, 0.15) is 0 Å². The van der Waals surface area contributed by atoms with E-state index in [1.165, 1.54) is 9.77 Å². The molecule has 3 heterocycles. The summed E-state index contributed by atoms with van der Waals surface area (Å²) >= 11 is 3.76. The highest BCUT2D eigenvalue weighted by Gasteiger charge is 2.26. The van der Waals surface area contributed by atoms with Gasteiger partial charge in [-0.3, -0.25) is 4.98 Å². The van der Waals surface area contributed by atoms with E-state index in [-0.39, 0.29) is 0 Å². The normalized spacial score (nSPS) is 21.4. The first-order valence-corrected chi connectivity index (χ1v) is 8.58. The first kappa shape index (κ1) is 13.0. The zero-order valence-electron chi connectivity index (χ0n) is 11.4. The second-order valence-corrected chi connectivity index (χ2v) is 7.87. The second-order valence-electron chi connectivity index (χ2n) is 5.25. The summed E-state index contributed by atoms with van der Waals surface area (Å²) < 4.78 is 6.44. The molecule has 4 rings (SSSR count). The number of hydrogen-bond donors (Lipinski definition) is 2. The molecular weight excluding hydrogens is 304 g/mol. The Hall–Kier alpha value is -1.66. The van der Waals surface area contributed by atoms with Gasteiger partial charge >= 0.3 is 5.76 Å². The molecular formula is C15H14N2O2S2. The van der Waals surface area contributed by atoms with Crippen molar-refractivity contribution in [3.63, 3.8) is 0 Å². The van der Waals surface area contributed by atoms with Gasteiger partial charge in [-0.05, 0) is 41.6 Å². The van der Waals surface area contributed by atoms with Crippen molar-refractivity contribution in [2.75, 3.05) is 5.32 Å². The predicted molar refractivity (Wildman–Crippen MR) is 87.5 cm³/mol. The fourth-order valence-electron chi connectivity index (χ4n) is 2.73. The van der Waals surface area contributed by atoms with E-state index in [2.05, 4.69) is 28.7 Å². The highest BCUT2D eigenvalue weighted by molar-refractivity contribution is 8.01. The molecule has 0 aliphatic carbocycles. The molecule has 0 radical (unpaired) electrons. The van der Waals surface area contributed by atoms with Gasteiger partial charge in [-0.2, -0.15) is 0 Å². The first-order valence-electron chi connectivity index (χ1n) is 6.82. The fraction of sp³-hybridized carbons (Fsp3) is 0.267. The minimum atomic E-state index is -0.412. The summed E-state index contributed by atoms with van der Waals surface area (Å²) in [5.74, 6) is -0.412. The Morgan fingerprint density at radius 2 is 2.29 bits per heavy atom. The summed E-state index contributed by atoms with van der Waals surface area (Å²) in [4.78, 5) is 13.9. The smallest absolute Gasteiger partial charge is 0.408 e. The van der Waals surface area contributed by atoms with E-state index in [0.29, 0.717) is 16.9 Å². The Morgan fingerprint density at radius 1 is 1.38 bits per heavy atom. The van der Waals surface area contributed by atoms with Gasteiger partial charge in [0.2, 0.25) is 0 Å². The third-order valence-electron chi connectivity index (χ3n) is 3.67. The largest absolute Gasteiger partial charge is 0.417 e. The van der Waals surface area contributed by atoms with Gasteiger partial charge in [0.15, 0.2) is 5.58 Å². The fourth-order valence-corrected chi connectivity index (χ4v) is 5.30. The van der Waals surface area contributed by atoms with E-state index < -0.39 is 5.76 Å². The molecule has 21 heavy (non-hydrogen) atoms. The molecule has 1 aliphatic rings. The number of anilines is 1. The van der Waals surface area contributed by atoms with Crippen LogP contribution in [-0.4, -0.2) is 10.2 Å². The Bertz CT molecular complexity index is 849. The molecule has 1 aliphatic heterocycles. The quantitative estimate of drug-likeness (QED) is 0.743. The highest BCUT2D eigenvalue weighted by atomic mass is 32.2.